The SMILES string of the molecule is CC1=C(C(=O)N(C)C)[C@H](c2cccc(C#N)c2)NC(=S)N1c1ccc(F)c(Cl)c1. The molecule has 0 fully saturated rings. The monoisotopic (exact) mass is 428 g/mol. The molecule has 1 heterocycles. The number of hydrogen-bond donors (Lipinski definition) is 1. The van der Waals surface area contributed by atoms with Gasteiger partial charge in [-0.05, 0) is 55.0 Å². The van der Waals surface area contributed by atoms with E-state index >= 15 is 0 Å². The molecule has 0 aromatic heterocycles. The Morgan fingerprint density at radius 3 is 2.66 bits per heavy atom. The summed E-state index contributed by atoms with van der Waals surface area (Å²) in [5, 5.41) is 12.7. The summed E-state index contributed by atoms with van der Waals surface area (Å²) in [4.78, 5) is 16.2. The lowest BCUT2D eigenvalue weighted by atomic mass is 9.93. The van der Waals surface area contributed by atoms with Crippen LogP contribution in [0.1, 0.15) is 24.1 Å². The number of rotatable bonds is 3. The fourth-order valence-electron chi connectivity index (χ4n) is 3.23. The molecular formula is C21H18ClFN4OS. The first-order valence-electron chi connectivity index (χ1n) is 8.72. The Morgan fingerprint density at radius 1 is 1.31 bits per heavy atom. The molecule has 2 aromatic carbocycles. The molecule has 1 atom stereocenters. The molecule has 1 N–H and O–H groups in total. The van der Waals surface area contributed by atoms with E-state index in [4.69, 9.17) is 23.8 Å². The lowest BCUT2D eigenvalue weighted by molar-refractivity contribution is -0.125. The predicted molar refractivity (Wildman–Crippen MR) is 115 cm³/mol. The van der Waals surface area contributed by atoms with Crippen LogP contribution in [0.3, 0.4) is 0 Å². The maximum atomic E-state index is 13.6. The number of halogens is 2. The molecule has 2 aromatic rings. The van der Waals surface area contributed by atoms with Gasteiger partial charge in [-0.25, -0.2) is 4.39 Å². The van der Waals surface area contributed by atoms with Gasteiger partial charge in [-0.3, -0.25) is 9.69 Å². The van der Waals surface area contributed by atoms with E-state index in [0.717, 1.165) is 5.56 Å². The van der Waals surface area contributed by atoms with Crippen LogP contribution in [0.5, 0.6) is 0 Å². The molecule has 0 bridgehead atoms. The van der Waals surface area contributed by atoms with Gasteiger partial charge in [0.05, 0.1) is 28.3 Å². The molecule has 0 saturated carbocycles. The number of carbonyl (C=O) groups is 1. The molecule has 0 radical (unpaired) electrons. The zero-order valence-electron chi connectivity index (χ0n) is 16.0. The van der Waals surface area contributed by atoms with Crippen molar-refractivity contribution in [2.75, 3.05) is 19.0 Å². The van der Waals surface area contributed by atoms with Gasteiger partial charge in [0, 0.05) is 25.5 Å². The summed E-state index contributed by atoms with van der Waals surface area (Å²) in [6, 6.07) is 12.9. The Hall–Kier alpha value is -2.95. The normalized spacial score (nSPS) is 16.3. The second-order valence-electron chi connectivity index (χ2n) is 6.75. The molecule has 0 spiro atoms. The molecule has 148 valence electrons. The first-order chi connectivity index (χ1) is 13.7. The molecule has 0 unspecified atom stereocenters. The number of nitriles is 1. The Balaban J connectivity index is 2.19. The molecule has 29 heavy (non-hydrogen) atoms. The lowest BCUT2D eigenvalue weighted by Gasteiger charge is -2.38. The summed E-state index contributed by atoms with van der Waals surface area (Å²) in [5.41, 5.74) is 2.84. The van der Waals surface area contributed by atoms with Crippen molar-refractivity contribution in [3.63, 3.8) is 0 Å². The number of thiocarbonyl (C=S) groups is 1. The van der Waals surface area contributed by atoms with Crippen molar-refractivity contribution in [3.8, 4) is 6.07 Å². The van der Waals surface area contributed by atoms with Crippen LogP contribution in [0.2, 0.25) is 5.02 Å². The van der Waals surface area contributed by atoms with E-state index < -0.39 is 11.9 Å². The largest absolute Gasteiger partial charge is 0.351 e. The van der Waals surface area contributed by atoms with E-state index in [-0.39, 0.29) is 10.9 Å². The van der Waals surface area contributed by atoms with Crippen molar-refractivity contribution in [3.05, 3.63) is 75.7 Å². The number of benzene rings is 2. The zero-order valence-corrected chi connectivity index (χ0v) is 17.6. The standard InChI is InChI=1S/C21H18ClFN4OS/c1-12-18(20(28)26(2)3)19(14-6-4-5-13(9-14)11-24)25-21(29)27(12)15-7-8-17(23)16(22)10-15/h4-10,19H,1-3H3,(H,25,29)/t19-/m0/s1. The highest BCUT2D eigenvalue weighted by Gasteiger charge is 2.35. The summed E-state index contributed by atoms with van der Waals surface area (Å²) in [6.07, 6.45) is 0. The average Bonchev–Trinajstić information content (AvgIpc) is 2.69. The second-order valence-corrected chi connectivity index (χ2v) is 7.55. The Morgan fingerprint density at radius 2 is 2.03 bits per heavy atom. The Kier molecular flexibility index (Phi) is 5.87. The summed E-state index contributed by atoms with van der Waals surface area (Å²) >= 11 is 11.5. The highest BCUT2D eigenvalue weighted by molar-refractivity contribution is 7.80. The highest BCUT2D eigenvalue weighted by Crippen LogP contribution is 2.35. The Bertz CT molecular complexity index is 1080. The van der Waals surface area contributed by atoms with Gasteiger partial charge in [0.15, 0.2) is 5.11 Å². The number of nitrogens with zero attached hydrogens (tertiary/aromatic N) is 3. The fourth-order valence-corrected chi connectivity index (χ4v) is 3.77. The highest BCUT2D eigenvalue weighted by atomic mass is 35.5. The van der Waals surface area contributed by atoms with Gasteiger partial charge in [0.2, 0.25) is 0 Å². The molecule has 0 aliphatic carbocycles. The third kappa shape index (κ3) is 3.95. The van der Waals surface area contributed by atoms with Crippen LogP contribution in [-0.4, -0.2) is 30.0 Å². The van der Waals surface area contributed by atoms with E-state index in [0.29, 0.717) is 27.6 Å². The topological polar surface area (TPSA) is 59.4 Å². The smallest absolute Gasteiger partial charge is 0.253 e. The van der Waals surface area contributed by atoms with E-state index in [9.17, 15) is 14.4 Å². The van der Waals surface area contributed by atoms with Crippen molar-refractivity contribution < 1.29 is 9.18 Å². The van der Waals surface area contributed by atoms with Crippen LogP contribution in [0.15, 0.2) is 53.7 Å². The van der Waals surface area contributed by atoms with E-state index in [1.807, 2.05) is 6.07 Å². The fraction of sp³-hybridized carbons (Fsp3) is 0.190. The summed E-state index contributed by atoms with van der Waals surface area (Å²) in [7, 11) is 3.33. The number of anilines is 1. The van der Waals surface area contributed by atoms with Crippen molar-refractivity contribution >= 4 is 40.5 Å². The molecule has 1 aliphatic heterocycles. The summed E-state index contributed by atoms with van der Waals surface area (Å²) in [5.74, 6) is -0.744. The van der Waals surface area contributed by atoms with Crippen LogP contribution in [0, 0.1) is 17.1 Å². The Labute approximate surface area is 179 Å². The van der Waals surface area contributed by atoms with Gasteiger partial charge < -0.3 is 10.2 Å². The molecule has 1 amide bonds. The average molecular weight is 429 g/mol. The minimum Gasteiger partial charge on any atom is -0.351 e. The number of likely N-dealkylation sites (N-methyl/N-ethyl adjacent to an activating group) is 1. The first-order valence-corrected chi connectivity index (χ1v) is 9.51. The molecule has 3 rings (SSSR count). The number of hydrogen-bond acceptors (Lipinski definition) is 3. The molecule has 0 saturated heterocycles. The van der Waals surface area contributed by atoms with Gasteiger partial charge in [0.25, 0.3) is 5.91 Å². The first kappa shape index (κ1) is 20.8. The number of amides is 1. The van der Waals surface area contributed by atoms with Crippen molar-refractivity contribution in [2.24, 2.45) is 0 Å². The van der Waals surface area contributed by atoms with Crippen LogP contribution >= 0.6 is 23.8 Å². The number of carbonyl (C=O) groups excluding carboxylic acids is 1. The second kappa shape index (κ2) is 8.19. The third-order valence-electron chi connectivity index (χ3n) is 4.63. The van der Waals surface area contributed by atoms with Crippen LogP contribution < -0.4 is 10.2 Å². The lowest BCUT2D eigenvalue weighted by Crippen LogP contribution is -2.49. The van der Waals surface area contributed by atoms with Crippen molar-refractivity contribution in [1.82, 2.24) is 10.2 Å². The van der Waals surface area contributed by atoms with Crippen molar-refractivity contribution in [1.29, 1.82) is 5.26 Å². The predicted octanol–water partition coefficient (Wildman–Crippen LogP) is 4.15. The van der Waals surface area contributed by atoms with Crippen LogP contribution in [-0.2, 0) is 4.79 Å². The van der Waals surface area contributed by atoms with Gasteiger partial charge in [-0.1, -0.05) is 23.7 Å². The van der Waals surface area contributed by atoms with Gasteiger partial charge in [-0.2, -0.15) is 5.26 Å². The summed E-state index contributed by atoms with van der Waals surface area (Å²) < 4.78 is 13.6. The maximum absolute atomic E-state index is 13.6. The molecule has 5 nitrogen and oxygen atoms in total. The number of allylic oxidation sites excluding steroid dienone is 1. The van der Waals surface area contributed by atoms with Gasteiger partial charge in [-0.15, -0.1) is 0 Å². The van der Waals surface area contributed by atoms with Crippen LogP contribution in [0.25, 0.3) is 0 Å². The minimum absolute atomic E-state index is 0.0394. The summed E-state index contributed by atoms with van der Waals surface area (Å²) in [6.45, 7) is 1.78. The van der Waals surface area contributed by atoms with E-state index in [1.165, 1.54) is 17.0 Å². The van der Waals surface area contributed by atoms with Gasteiger partial charge in [0.1, 0.15) is 5.82 Å². The molecule has 8 heteroatoms. The van der Waals surface area contributed by atoms with Gasteiger partial charge >= 0.3 is 0 Å². The van der Waals surface area contributed by atoms with E-state index in [1.54, 1.807) is 50.2 Å². The molecule has 1 aliphatic rings. The van der Waals surface area contributed by atoms with Crippen molar-refractivity contribution in [2.45, 2.75) is 13.0 Å². The van der Waals surface area contributed by atoms with E-state index in [2.05, 4.69) is 11.4 Å². The quantitative estimate of drug-likeness (QED) is 0.744. The minimum atomic E-state index is -0.538. The molecular weight excluding hydrogens is 411 g/mol. The third-order valence-corrected chi connectivity index (χ3v) is 5.22. The maximum Gasteiger partial charge on any atom is 0.253 e. The number of nitrogens with one attached hydrogen (secondary N) is 1. The van der Waals surface area contributed by atoms with Crippen LogP contribution in [0.4, 0.5) is 10.1 Å². The zero-order chi connectivity index (χ0) is 21.3.